The zero-order chi connectivity index (χ0) is 13.9. The van der Waals surface area contributed by atoms with Crippen LogP contribution in [-0.2, 0) is 16.3 Å². The Bertz CT molecular complexity index is 654. The topological polar surface area (TPSA) is 73.0 Å². The Morgan fingerprint density at radius 3 is 2.53 bits per heavy atom. The molecule has 1 aromatic heterocycles. The van der Waals surface area contributed by atoms with E-state index in [0.717, 1.165) is 11.1 Å². The van der Waals surface area contributed by atoms with Crippen LogP contribution in [0.2, 0.25) is 0 Å². The van der Waals surface area contributed by atoms with E-state index in [-0.39, 0.29) is 6.04 Å². The number of rotatable bonds is 4. The summed E-state index contributed by atoms with van der Waals surface area (Å²) in [5, 5.41) is 0. The van der Waals surface area contributed by atoms with Crippen molar-refractivity contribution in [3.05, 3.63) is 59.9 Å². The number of hydrogen-bond donors (Lipinski definition) is 1. The SMILES string of the molecule is CS(=O)(=O)c1cccc(C(N)Cc2ccncc2)c1. The van der Waals surface area contributed by atoms with Crippen molar-refractivity contribution in [2.75, 3.05) is 6.26 Å². The van der Waals surface area contributed by atoms with E-state index in [1.807, 2.05) is 18.2 Å². The fourth-order valence-corrected chi connectivity index (χ4v) is 2.54. The van der Waals surface area contributed by atoms with Gasteiger partial charge in [0.2, 0.25) is 0 Å². The number of benzene rings is 1. The third-order valence-electron chi connectivity index (χ3n) is 2.92. The van der Waals surface area contributed by atoms with Crippen molar-refractivity contribution in [2.45, 2.75) is 17.4 Å². The molecular weight excluding hydrogens is 260 g/mol. The summed E-state index contributed by atoms with van der Waals surface area (Å²) in [5.74, 6) is 0. The molecule has 19 heavy (non-hydrogen) atoms. The molecule has 2 N–H and O–H groups in total. The number of nitrogens with two attached hydrogens (primary N) is 1. The van der Waals surface area contributed by atoms with Crippen LogP contribution in [0.1, 0.15) is 17.2 Å². The first-order chi connectivity index (χ1) is 8.97. The molecule has 4 nitrogen and oxygen atoms in total. The largest absolute Gasteiger partial charge is 0.324 e. The summed E-state index contributed by atoms with van der Waals surface area (Å²) in [5.41, 5.74) is 8.02. The van der Waals surface area contributed by atoms with Gasteiger partial charge in [0.15, 0.2) is 9.84 Å². The minimum atomic E-state index is -3.20. The van der Waals surface area contributed by atoms with Crippen LogP contribution in [0.25, 0.3) is 0 Å². The zero-order valence-corrected chi connectivity index (χ0v) is 11.5. The molecule has 1 atom stereocenters. The zero-order valence-electron chi connectivity index (χ0n) is 10.7. The molecule has 0 bridgehead atoms. The molecule has 2 rings (SSSR count). The normalized spacial score (nSPS) is 13.2. The monoisotopic (exact) mass is 276 g/mol. The first kappa shape index (κ1) is 13.7. The first-order valence-electron chi connectivity index (χ1n) is 5.91. The maximum absolute atomic E-state index is 11.5. The standard InChI is InChI=1S/C14H16N2O2S/c1-19(17,18)13-4-2-3-12(10-13)14(15)9-11-5-7-16-8-6-11/h2-8,10,14H,9,15H2,1H3. The van der Waals surface area contributed by atoms with E-state index in [1.54, 1.807) is 30.6 Å². The van der Waals surface area contributed by atoms with Crippen molar-refractivity contribution < 1.29 is 8.42 Å². The minimum Gasteiger partial charge on any atom is -0.324 e. The Kier molecular flexibility index (Phi) is 3.97. The van der Waals surface area contributed by atoms with Gasteiger partial charge in [-0.05, 0) is 41.8 Å². The van der Waals surface area contributed by atoms with Gasteiger partial charge in [-0.3, -0.25) is 4.98 Å². The summed E-state index contributed by atoms with van der Waals surface area (Å²) in [4.78, 5) is 4.25. The van der Waals surface area contributed by atoms with Crippen molar-refractivity contribution in [1.82, 2.24) is 4.98 Å². The smallest absolute Gasteiger partial charge is 0.175 e. The maximum atomic E-state index is 11.5. The molecular formula is C14H16N2O2S. The van der Waals surface area contributed by atoms with Crippen molar-refractivity contribution in [1.29, 1.82) is 0 Å². The highest BCUT2D eigenvalue weighted by Crippen LogP contribution is 2.19. The molecule has 100 valence electrons. The van der Waals surface area contributed by atoms with Gasteiger partial charge in [-0.1, -0.05) is 12.1 Å². The molecule has 0 radical (unpaired) electrons. The Morgan fingerprint density at radius 1 is 1.21 bits per heavy atom. The third kappa shape index (κ3) is 3.62. The Balaban J connectivity index is 2.23. The van der Waals surface area contributed by atoms with Crippen LogP contribution in [0, 0.1) is 0 Å². The van der Waals surface area contributed by atoms with E-state index in [0.29, 0.717) is 11.3 Å². The molecule has 0 saturated carbocycles. The molecule has 1 unspecified atom stereocenters. The van der Waals surface area contributed by atoms with E-state index in [2.05, 4.69) is 4.98 Å². The van der Waals surface area contributed by atoms with E-state index >= 15 is 0 Å². The van der Waals surface area contributed by atoms with Crippen LogP contribution < -0.4 is 5.73 Å². The maximum Gasteiger partial charge on any atom is 0.175 e. The van der Waals surface area contributed by atoms with Crippen molar-refractivity contribution in [3.8, 4) is 0 Å². The summed E-state index contributed by atoms with van der Waals surface area (Å²) in [6.07, 6.45) is 5.28. The molecule has 0 aliphatic rings. The number of aromatic nitrogens is 1. The molecule has 1 heterocycles. The molecule has 0 aliphatic carbocycles. The third-order valence-corrected chi connectivity index (χ3v) is 4.03. The molecule has 0 saturated heterocycles. The number of pyridine rings is 1. The van der Waals surface area contributed by atoms with Crippen molar-refractivity contribution in [2.24, 2.45) is 5.73 Å². The lowest BCUT2D eigenvalue weighted by atomic mass is 10.0. The molecule has 0 fully saturated rings. The van der Waals surface area contributed by atoms with Crippen LogP contribution >= 0.6 is 0 Å². The van der Waals surface area contributed by atoms with Gasteiger partial charge in [-0.25, -0.2) is 8.42 Å². The molecule has 0 aliphatic heterocycles. The van der Waals surface area contributed by atoms with Crippen molar-refractivity contribution in [3.63, 3.8) is 0 Å². The molecule has 1 aromatic carbocycles. The molecule has 5 heteroatoms. The van der Waals surface area contributed by atoms with Crippen LogP contribution in [0.5, 0.6) is 0 Å². The van der Waals surface area contributed by atoms with Gasteiger partial charge in [0.1, 0.15) is 0 Å². The lowest BCUT2D eigenvalue weighted by Crippen LogP contribution is -2.14. The lowest BCUT2D eigenvalue weighted by Gasteiger charge is -2.13. The van der Waals surface area contributed by atoms with Crippen molar-refractivity contribution >= 4 is 9.84 Å². The number of nitrogens with zero attached hydrogens (tertiary/aromatic N) is 1. The molecule has 2 aromatic rings. The van der Waals surface area contributed by atoms with Crippen LogP contribution in [0.4, 0.5) is 0 Å². The quantitative estimate of drug-likeness (QED) is 0.923. The van der Waals surface area contributed by atoms with Crippen LogP contribution in [0.3, 0.4) is 0 Å². The second-order valence-electron chi connectivity index (χ2n) is 4.51. The van der Waals surface area contributed by atoms with E-state index in [4.69, 9.17) is 5.73 Å². The van der Waals surface area contributed by atoms with Gasteiger partial charge in [0, 0.05) is 24.7 Å². The van der Waals surface area contributed by atoms with E-state index in [9.17, 15) is 8.42 Å². The summed E-state index contributed by atoms with van der Waals surface area (Å²) >= 11 is 0. The fraction of sp³-hybridized carbons (Fsp3) is 0.214. The Labute approximate surface area is 113 Å². The van der Waals surface area contributed by atoms with Gasteiger partial charge in [0.05, 0.1) is 4.90 Å². The summed E-state index contributed by atoms with van der Waals surface area (Å²) in [7, 11) is -3.20. The second kappa shape index (κ2) is 5.50. The predicted molar refractivity (Wildman–Crippen MR) is 74.4 cm³/mol. The summed E-state index contributed by atoms with van der Waals surface area (Å²) < 4.78 is 23.0. The first-order valence-corrected chi connectivity index (χ1v) is 7.80. The van der Waals surface area contributed by atoms with E-state index in [1.165, 1.54) is 6.26 Å². The summed E-state index contributed by atoms with van der Waals surface area (Å²) in [6, 6.07) is 10.4. The van der Waals surface area contributed by atoms with Crippen LogP contribution in [0.15, 0.2) is 53.7 Å². The summed E-state index contributed by atoms with van der Waals surface area (Å²) in [6.45, 7) is 0. The van der Waals surface area contributed by atoms with Gasteiger partial charge in [-0.15, -0.1) is 0 Å². The average Bonchev–Trinajstić information content (AvgIpc) is 2.39. The van der Waals surface area contributed by atoms with Gasteiger partial charge >= 0.3 is 0 Å². The van der Waals surface area contributed by atoms with Crippen LogP contribution in [-0.4, -0.2) is 19.7 Å². The molecule has 0 amide bonds. The second-order valence-corrected chi connectivity index (χ2v) is 6.53. The predicted octanol–water partition coefficient (Wildman–Crippen LogP) is 1.73. The van der Waals surface area contributed by atoms with E-state index < -0.39 is 9.84 Å². The van der Waals surface area contributed by atoms with Gasteiger partial charge in [-0.2, -0.15) is 0 Å². The lowest BCUT2D eigenvalue weighted by molar-refractivity contribution is 0.601. The Morgan fingerprint density at radius 2 is 1.89 bits per heavy atom. The Hall–Kier alpha value is -1.72. The highest BCUT2D eigenvalue weighted by molar-refractivity contribution is 7.90. The highest BCUT2D eigenvalue weighted by atomic mass is 32.2. The average molecular weight is 276 g/mol. The highest BCUT2D eigenvalue weighted by Gasteiger charge is 2.11. The minimum absolute atomic E-state index is 0.232. The molecule has 0 spiro atoms. The number of hydrogen-bond acceptors (Lipinski definition) is 4. The van der Waals surface area contributed by atoms with Gasteiger partial charge < -0.3 is 5.73 Å². The fourth-order valence-electron chi connectivity index (χ4n) is 1.87. The number of sulfone groups is 1. The van der Waals surface area contributed by atoms with Gasteiger partial charge in [0.25, 0.3) is 0 Å².